The molecule has 0 bridgehead atoms. The molecule has 3 aromatic heterocycles. The second-order valence-corrected chi connectivity index (χ2v) is 6.77. The predicted molar refractivity (Wildman–Crippen MR) is 101 cm³/mol. The van der Waals surface area contributed by atoms with Crippen LogP contribution in [0.4, 0.5) is 0 Å². The summed E-state index contributed by atoms with van der Waals surface area (Å²) in [5.41, 5.74) is 1.28. The maximum atomic E-state index is 12.8. The van der Waals surface area contributed by atoms with Crippen LogP contribution in [-0.4, -0.2) is 43.4 Å². The average Bonchev–Trinajstić information content (AvgIpc) is 3.17. The van der Waals surface area contributed by atoms with Gasteiger partial charge in [0, 0.05) is 49.9 Å². The number of carbonyl (C=O) groups is 1. The molecule has 7 nitrogen and oxygen atoms in total. The molecule has 1 fully saturated rings. The smallest absolute Gasteiger partial charge is 0.255 e. The normalized spacial score (nSPS) is 17.0. The molecule has 7 heteroatoms. The number of imidazole rings is 1. The molecule has 1 atom stereocenters. The number of H-pyrrole nitrogens is 1. The number of likely N-dealkylation sites (tertiary alicyclic amines) is 1. The summed E-state index contributed by atoms with van der Waals surface area (Å²) in [7, 11) is 0. The van der Waals surface area contributed by atoms with Gasteiger partial charge in [0.25, 0.3) is 5.91 Å². The first-order valence-electron chi connectivity index (χ1n) is 9.09. The number of hydrogen-bond acceptors (Lipinski definition) is 4. The second-order valence-electron chi connectivity index (χ2n) is 6.77. The summed E-state index contributed by atoms with van der Waals surface area (Å²) in [5, 5.41) is 0. The molecule has 3 aromatic rings. The summed E-state index contributed by atoms with van der Waals surface area (Å²) < 4.78 is 2.11. The van der Waals surface area contributed by atoms with E-state index in [1.807, 2.05) is 29.3 Å². The molecule has 4 rings (SSSR count). The van der Waals surface area contributed by atoms with Crippen molar-refractivity contribution in [1.82, 2.24) is 24.4 Å². The van der Waals surface area contributed by atoms with Gasteiger partial charge in [0.05, 0.1) is 17.8 Å². The molecular formula is C20H21N5O2. The standard InChI is InChI=1S/C20H21N5O2/c26-18-7-6-15(12-23-18)20(27)25-10-3-4-16(13-25)19-22-9-11-24(19)14-17-5-1-2-8-21-17/h1-2,5-9,11-12,16H,3-4,10,13-14H2,(H,23,26). The largest absolute Gasteiger partial charge is 0.338 e. The van der Waals surface area contributed by atoms with Gasteiger partial charge in [-0.15, -0.1) is 0 Å². The van der Waals surface area contributed by atoms with Gasteiger partial charge in [-0.25, -0.2) is 4.98 Å². The molecule has 0 aliphatic carbocycles. The number of piperidine rings is 1. The van der Waals surface area contributed by atoms with Gasteiger partial charge in [0.15, 0.2) is 0 Å². The number of rotatable bonds is 4. The van der Waals surface area contributed by atoms with Crippen LogP contribution in [0.1, 0.15) is 40.6 Å². The van der Waals surface area contributed by atoms with Crippen LogP contribution in [0.2, 0.25) is 0 Å². The first kappa shape index (κ1) is 17.2. The number of nitrogens with one attached hydrogen (secondary N) is 1. The summed E-state index contributed by atoms with van der Waals surface area (Å²) in [4.78, 5) is 37.4. The maximum Gasteiger partial charge on any atom is 0.255 e. The Hall–Kier alpha value is -3.22. The Morgan fingerprint density at radius 1 is 1.19 bits per heavy atom. The van der Waals surface area contributed by atoms with E-state index >= 15 is 0 Å². The summed E-state index contributed by atoms with van der Waals surface area (Å²) in [6.45, 7) is 2.01. The third kappa shape index (κ3) is 3.81. The number of hydrogen-bond donors (Lipinski definition) is 1. The highest BCUT2D eigenvalue weighted by molar-refractivity contribution is 5.93. The molecule has 1 amide bonds. The highest BCUT2D eigenvalue weighted by Crippen LogP contribution is 2.27. The highest BCUT2D eigenvalue weighted by Gasteiger charge is 2.28. The molecule has 1 saturated heterocycles. The van der Waals surface area contributed by atoms with E-state index in [0.29, 0.717) is 18.7 Å². The SMILES string of the molecule is O=C(c1ccc(=O)[nH]c1)N1CCCC(c2nccn2Cc2ccccn2)C1. The van der Waals surface area contributed by atoms with Crippen LogP contribution in [0.5, 0.6) is 0 Å². The Morgan fingerprint density at radius 2 is 2.11 bits per heavy atom. The van der Waals surface area contributed by atoms with Crippen LogP contribution >= 0.6 is 0 Å². The van der Waals surface area contributed by atoms with Crippen molar-refractivity contribution in [2.24, 2.45) is 0 Å². The fourth-order valence-corrected chi connectivity index (χ4v) is 3.58. The van der Waals surface area contributed by atoms with Crippen LogP contribution in [0.15, 0.2) is 59.9 Å². The van der Waals surface area contributed by atoms with E-state index in [1.54, 1.807) is 18.5 Å². The summed E-state index contributed by atoms with van der Waals surface area (Å²) in [6.07, 6.45) is 8.96. The zero-order valence-corrected chi connectivity index (χ0v) is 14.9. The van der Waals surface area contributed by atoms with E-state index in [0.717, 1.165) is 30.9 Å². The van der Waals surface area contributed by atoms with E-state index in [1.165, 1.54) is 12.3 Å². The van der Waals surface area contributed by atoms with Crippen molar-refractivity contribution in [1.29, 1.82) is 0 Å². The van der Waals surface area contributed by atoms with Crippen molar-refractivity contribution in [2.75, 3.05) is 13.1 Å². The van der Waals surface area contributed by atoms with Gasteiger partial charge in [0.2, 0.25) is 5.56 Å². The minimum Gasteiger partial charge on any atom is -0.338 e. The molecule has 27 heavy (non-hydrogen) atoms. The molecule has 1 aliphatic rings. The number of pyridine rings is 2. The van der Waals surface area contributed by atoms with E-state index in [-0.39, 0.29) is 17.4 Å². The van der Waals surface area contributed by atoms with Crippen molar-refractivity contribution >= 4 is 5.91 Å². The zero-order valence-electron chi connectivity index (χ0n) is 14.9. The monoisotopic (exact) mass is 363 g/mol. The topological polar surface area (TPSA) is 83.9 Å². The van der Waals surface area contributed by atoms with Crippen LogP contribution in [0, 0.1) is 0 Å². The van der Waals surface area contributed by atoms with Gasteiger partial charge in [-0.3, -0.25) is 14.6 Å². The molecule has 4 heterocycles. The summed E-state index contributed by atoms with van der Waals surface area (Å²) in [5.74, 6) is 1.11. The van der Waals surface area contributed by atoms with Crippen molar-refractivity contribution in [3.8, 4) is 0 Å². The molecule has 138 valence electrons. The average molecular weight is 363 g/mol. The number of nitrogens with zero attached hydrogens (tertiary/aromatic N) is 4. The maximum absolute atomic E-state index is 12.8. The lowest BCUT2D eigenvalue weighted by Crippen LogP contribution is -2.40. The molecule has 0 saturated carbocycles. The summed E-state index contributed by atoms with van der Waals surface area (Å²) in [6, 6.07) is 8.83. The van der Waals surface area contributed by atoms with Crippen molar-refractivity contribution < 1.29 is 4.79 Å². The van der Waals surface area contributed by atoms with Crippen LogP contribution in [0.3, 0.4) is 0 Å². The van der Waals surface area contributed by atoms with Crippen LogP contribution in [-0.2, 0) is 6.54 Å². The quantitative estimate of drug-likeness (QED) is 0.769. The van der Waals surface area contributed by atoms with Crippen molar-refractivity contribution in [3.05, 3.63) is 82.6 Å². The molecule has 1 aliphatic heterocycles. The van der Waals surface area contributed by atoms with E-state index in [4.69, 9.17) is 0 Å². The zero-order chi connectivity index (χ0) is 18.6. The highest BCUT2D eigenvalue weighted by atomic mass is 16.2. The molecule has 1 N–H and O–H groups in total. The fraction of sp³-hybridized carbons (Fsp3) is 0.300. The minimum absolute atomic E-state index is 0.0567. The van der Waals surface area contributed by atoms with E-state index in [2.05, 4.69) is 19.5 Å². The first-order valence-corrected chi connectivity index (χ1v) is 9.09. The Bertz CT molecular complexity index is 959. The van der Waals surface area contributed by atoms with Gasteiger partial charge >= 0.3 is 0 Å². The third-order valence-corrected chi connectivity index (χ3v) is 4.91. The fourth-order valence-electron chi connectivity index (χ4n) is 3.58. The Morgan fingerprint density at radius 3 is 2.89 bits per heavy atom. The molecule has 0 aromatic carbocycles. The Labute approximate surface area is 156 Å². The number of carbonyl (C=O) groups excluding carboxylic acids is 1. The van der Waals surface area contributed by atoms with Crippen LogP contribution in [0.25, 0.3) is 0 Å². The lowest BCUT2D eigenvalue weighted by Gasteiger charge is -2.32. The minimum atomic E-state index is -0.209. The molecular weight excluding hydrogens is 342 g/mol. The first-order chi connectivity index (χ1) is 13.2. The van der Waals surface area contributed by atoms with Crippen LogP contribution < -0.4 is 5.56 Å². The van der Waals surface area contributed by atoms with Gasteiger partial charge in [-0.1, -0.05) is 6.07 Å². The Kier molecular flexibility index (Phi) is 4.82. The van der Waals surface area contributed by atoms with Gasteiger partial charge in [-0.2, -0.15) is 0 Å². The lowest BCUT2D eigenvalue weighted by atomic mass is 9.96. The summed E-state index contributed by atoms with van der Waals surface area (Å²) >= 11 is 0. The predicted octanol–water partition coefficient (Wildman–Crippen LogP) is 2.03. The van der Waals surface area contributed by atoms with Crippen molar-refractivity contribution in [3.63, 3.8) is 0 Å². The second kappa shape index (κ2) is 7.57. The molecule has 0 spiro atoms. The van der Waals surface area contributed by atoms with Crippen molar-refractivity contribution in [2.45, 2.75) is 25.3 Å². The molecule has 0 radical (unpaired) electrons. The lowest BCUT2D eigenvalue weighted by molar-refractivity contribution is 0.0703. The number of aromatic nitrogens is 4. The van der Waals surface area contributed by atoms with E-state index < -0.39 is 0 Å². The number of aromatic amines is 1. The Balaban J connectivity index is 1.50. The third-order valence-electron chi connectivity index (χ3n) is 4.91. The van der Waals surface area contributed by atoms with E-state index in [9.17, 15) is 9.59 Å². The molecule has 1 unspecified atom stereocenters. The van der Waals surface area contributed by atoms with Gasteiger partial charge < -0.3 is 14.5 Å². The number of amides is 1. The van der Waals surface area contributed by atoms with Gasteiger partial charge in [0.1, 0.15) is 5.82 Å². The van der Waals surface area contributed by atoms with Gasteiger partial charge in [-0.05, 0) is 31.0 Å².